The number of hydrogen-bond donors (Lipinski definition) is 1. The number of anilines is 1. The largest absolute Gasteiger partial charge is 0.494 e. The van der Waals surface area contributed by atoms with Crippen LogP contribution in [0.2, 0.25) is 0 Å². The Morgan fingerprint density at radius 1 is 1.00 bits per heavy atom. The number of methoxy groups -OCH3 is 2. The van der Waals surface area contributed by atoms with Gasteiger partial charge in [0.15, 0.2) is 5.82 Å². The average molecular weight is 494 g/mol. The van der Waals surface area contributed by atoms with Crippen molar-refractivity contribution in [3.8, 4) is 28.6 Å². The summed E-state index contributed by atoms with van der Waals surface area (Å²) in [7, 11) is 1.63. The summed E-state index contributed by atoms with van der Waals surface area (Å²) in [5.41, 5.74) is 3.25. The predicted octanol–water partition coefficient (Wildman–Crippen LogP) is 3.46. The Balaban J connectivity index is 1.76. The summed E-state index contributed by atoms with van der Waals surface area (Å²) >= 11 is 0. The molecule has 35 heavy (non-hydrogen) atoms. The first-order valence-corrected chi connectivity index (χ1v) is 12.2. The van der Waals surface area contributed by atoms with Crippen molar-refractivity contribution in [1.29, 1.82) is 0 Å². The van der Waals surface area contributed by atoms with Crippen molar-refractivity contribution in [2.75, 3.05) is 18.9 Å². The maximum atomic E-state index is 13.3. The number of nitrogens with one attached hydrogen (secondary N) is 1. The number of aromatic nitrogens is 6. The van der Waals surface area contributed by atoms with Crippen molar-refractivity contribution in [3.05, 3.63) is 66.0 Å². The summed E-state index contributed by atoms with van der Waals surface area (Å²) in [5, 5.41) is 8.43. The number of rotatable bonds is 9. The van der Waals surface area contributed by atoms with Gasteiger partial charge in [-0.3, -0.25) is 14.3 Å². The molecule has 0 fully saturated rings. The Bertz CT molecular complexity index is 1320. The van der Waals surface area contributed by atoms with Crippen LogP contribution in [0.5, 0.6) is 11.5 Å². The van der Waals surface area contributed by atoms with Gasteiger partial charge in [-0.15, -0.1) is 10.2 Å². The van der Waals surface area contributed by atoms with E-state index in [0.29, 0.717) is 35.3 Å². The van der Waals surface area contributed by atoms with Crippen molar-refractivity contribution >= 4 is 16.9 Å². The van der Waals surface area contributed by atoms with E-state index in [9.17, 15) is 4.21 Å². The van der Waals surface area contributed by atoms with E-state index in [-0.39, 0.29) is 11.2 Å². The van der Waals surface area contributed by atoms with Gasteiger partial charge < -0.3 is 9.47 Å². The molecular formula is C24H27N7O3S. The van der Waals surface area contributed by atoms with Gasteiger partial charge in [0.05, 0.1) is 19.5 Å². The second kappa shape index (κ2) is 10.6. The van der Waals surface area contributed by atoms with Crippen LogP contribution < -0.4 is 14.2 Å². The molecule has 3 aromatic heterocycles. The van der Waals surface area contributed by atoms with Crippen LogP contribution in [-0.2, 0) is 17.4 Å². The number of aryl methyl sites for hydroxylation is 2. The summed E-state index contributed by atoms with van der Waals surface area (Å²) < 4.78 is 29.3. The van der Waals surface area contributed by atoms with Gasteiger partial charge in [0, 0.05) is 36.8 Å². The highest BCUT2D eigenvalue weighted by atomic mass is 32.2. The van der Waals surface area contributed by atoms with Crippen molar-refractivity contribution in [3.63, 3.8) is 0 Å². The smallest absolute Gasteiger partial charge is 0.241 e. The number of nitrogens with zero attached hydrogens (tertiary/aromatic N) is 6. The quantitative estimate of drug-likeness (QED) is 0.377. The number of hydrogen-bond acceptors (Lipinski definition) is 8. The molecule has 11 heteroatoms. The third kappa shape index (κ3) is 5.29. The molecule has 3 heterocycles. The van der Waals surface area contributed by atoms with Gasteiger partial charge in [0.2, 0.25) is 5.95 Å². The molecule has 10 nitrogen and oxygen atoms in total. The van der Waals surface area contributed by atoms with E-state index in [1.807, 2.05) is 45.0 Å². The monoisotopic (exact) mass is 493 g/mol. The average Bonchev–Trinajstić information content (AvgIpc) is 3.27. The molecule has 0 aliphatic heterocycles. The first-order chi connectivity index (χ1) is 16.9. The lowest BCUT2D eigenvalue weighted by atomic mass is 10.2. The first-order valence-electron chi connectivity index (χ1n) is 10.9. The number of para-hydroxylation sites is 1. The molecule has 0 bridgehead atoms. The first kappa shape index (κ1) is 24.3. The molecule has 0 radical (unpaired) electrons. The summed E-state index contributed by atoms with van der Waals surface area (Å²) in [6.07, 6.45) is 7.39. The zero-order valence-corrected chi connectivity index (χ0v) is 21.0. The Morgan fingerprint density at radius 3 is 2.31 bits per heavy atom. The molecule has 182 valence electrons. The lowest BCUT2D eigenvalue weighted by molar-refractivity contribution is 0.391. The second-order valence-electron chi connectivity index (χ2n) is 8.04. The molecule has 2 atom stereocenters. The SMILES string of the molecule is COc1cccc(OC)c1-n1c(NS(=O)C(C)Cc2ncc(C)cn2)nnc1-c1cncc(C)c1. The molecule has 1 N–H and O–H groups in total. The maximum absolute atomic E-state index is 13.3. The van der Waals surface area contributed by atoms with Gasteiger partial charge >= 0.3 is 0 Å². The van der Waals surface area contributed by atoms with Crippen LogP contribution in [0.4, 0.5) is 5.95 Å². The fraction of sp³-hybridized carbons (Fsp3) is 0.292. The highest BCUT2D eigenvalue weighted by molar-refractivity contribution is 7.86. The van der Waals surface area contributed by atoms with Crippen LogP contribution in [0.25, 0.3) is 17.1 Å². The summed E-state index contributed by atoms with van der Waals surface area (Å²) in [5.74, 6) is 2.48. The van der Waals surface area contributed by atoms with Crippen molar-refractivity contribution in [2.24, 2.45) is 0 Å². The number of ether oxygens (including phenoxy) is 2. The van der Waals surface area contributed by atoms with E-state index in [4.69, 9.17) is 9.47 Å². The molecule has 4 aromatic rings. The highest BCUT2D eigenvalue weighted by Gasteiger charge is 2.25. The minimum atomic E-state index is -1.52. The van der Waals surface area contributed by atoms with Gasteiger partial charge in [-0.25, -0.2) is 14.2 Å². The number of pyridine rings is 1. The minimum Gasteiger partial charge on any atom is -0.494 e. The lowest BCUT2D eigenvalue weighted by Crippen LogP contribution is -2.23. The summed E-state index contributed by atoms with van der Waals surface area (Å²) in [4.78, 5) is 12.9. The van der Waals surface area contributed by atoms with E-state index in [2.05, 4.69) is 29.9 Å². The van der Waals surface area contributed by atoms with E-state index in [1.54, 1.807) is 43.6 Å². The third-order valence-electron chi connectivity index (χ3n) is 5.28. The van der Waals surface area contributed by atoms with Crippen LogP contribution in [0.3, 0.4) is 0 Å². The maximum Gasteiger partial charge on any atom is 0.241 e. The Kier molecular flexibility index (Phi) is 7.35. The van der Waals surface area contributed by atoms with Gasteiger partial charge in [0.1, 0.15) is 34.0 Å². The minimum absolute atomic E-state index is 0.277. The van der Waals surface area contributed by atoms with Crippen LogP contribution in [0, 0.1) is 13.8 Å². The molecule has 2 unspecified atom stereocenters. The normalized spacial score (nSPS) is 12.7. The summed E-state index contributed by atoms with van der Waals surface area (Å²) in [6.45, 7) is 5.74. The van der Waals surface area contributed by atoms with Crippen molar-refractivity contribution in [2.45, 2.75) is 32.4 Å². The van der Waals surface area contributed by atoms with E-state index >= 15 is 0 Å². The molecule has 0 saturated heterocycles. The fourth-order valence-electron chi connectivity index (χ4n) is 3.53. The second-order valence-corrected chi connectivity index (χ2v) is 9.64. The van der Waals surface area contributed by atoms with E-state index < -0.39 is 11.0 Å². The molecule has 0 amide bonds. The lowest BCUT2D eigenvalue weighted by Gasteiger charge is -2.18. The zero-order chi connectivity index (χ0) is 24.9. The molecule has 1 aromatic carbocycles. The van der Waals surface area contributed by atoms with E-state index in [0.717, 1.165) is 16.7 Å². The Hall–Kier alpha value is -3.86. The molecular weight excluding hydrogens is 466 g/mol. The van der Waals surface area contributed by atoms with Crippen molar-refractivity contribution in [1.82, 2.24) is 29.7 Å². The number of benzene rings is 1. The molecule has 0 spiro atoms. The van der Waals surface area contributed by atoms with Crippen LogP contribution >= 0.6 is 0 Å². The van der Waals surface area contributed by atoms with Crippen molar-refractivity contribution < 1.29 is 13.7 Å². The Morgan fingerprint density at radius 2 is 1.69 bits per heavy atom. The molecule has 0 saturated carbocycles. The third-order valence-corrected chi connectivity index (χ3v) is 6.56. The van der Waals surface area contributed by atoms with Crippen LogP contribution in [-0.4, -0.2) is 53.4 Å². The van der Waals surface area contributed by atoms with Gasteiger partial charge in [-0.2, -0.15) is 0 Å². The Labute approximate surface area is 206 Å². The van der Waals surface area contributed by atoms with Crippen LogP contribution in [0.1, 0.15) is 23.9 Å². The van der Waals surface area contributed by atoms with Gasteiger partial charge in [-0.1, -0.05) is 6.07 Å². The topological polar surface area (TPSA) is 117 Å². The van der Waals surface area contributed by atoms with Crippen LogP contribution in [0.15, 0.2) is 49.1 Å². The zero-order valence-electron chi connectivity index (χ0n) is 20.2. The fourth-order valence-corrected chi connectivity index (χ4v) is 4.34. The summed E-state index contributed by atoms with van der Waals surface area (Å²) in [6, 6.07) is 7.41. The van der Waals surface area contributed by atoms with Gasteiger partial charge in [-0.05, 0) is 50.1 Å². The molecule has 4 rings (SSSR count). The standard InChI is InChI=1S/C24H27N7O3S/c1-15-9-18(14-25-11-15)23-28-29-24(31(23)22-19(33-4)7-6-8-20(22)34-5)30-35(32)17(3)10-21-26-12-16(2)13-27-21/h6-9,11-14,17H,10H2,1-5H3,(H,29,30). The molecule has 0 aliphatic rings. The van der Waals surface area contributed by atoms with Gasteiger partial charge in [0.25, 0.3) is 0 Å². The van der Waals surface area contributed by atoms with E-state index in [1.165, 1.54) is 0 Å². The predicted molar refractivity (Wildman–Crippen MR) is 134 cm³/mol. The molecule has 0 aliphatic carbocycles. The highest BCUT2D eigenvalue weighted by Crippen LogP contribution is 2.37.